The number of hydrogen-bond acceptors (Lipinski definition) is 4. The van der Waals surface area contributed by atoms with Gasteiger partial charge >= 0.3 is 5.97 Å². The molecule has 0 fully saturated rings. The van der Waals surface area contributed by atoms with Crippen molar-refractivity contribution in [1.29, 1.82) is 0 Å². The lowest BCUT2D eigenvalue weighted by molar-refractivity contribution is -0.141. The fourth-order valence-corrected chi connectivity index (χ4v) is 1.14. The molecule has 0 heterocycles. The van der Waals surface area contributed by atoms with Crippen LogP contribution in [0.4, 0.5) is 0 Å². The van der Waals surface area contributed by atoms with E-state index in [2.05, 4.69) is 4.74 Å². The number of phenolic OH excluding ortho intramolecular Hbond substituents is 1. The van der Waals surface area contributed by atoms with Gasteiger partial charge in [-0.3, -0.25) is 4.79 Å². The zero-order valence-corrected chi connectivity index (χ0v) is 9.16. The number of hydrogen-bond donors (Lipinski definition) is 2. The predicted molar refractivity (Wildman–Crippen MR) is 58.9 cm³/mol. The maximum absolute atomic E-state index is 10.9. The highest BCUT2D eigenvalue weighted by Gasteiger charge is 2.11. The average molecular weight is 232 g/mol. The summed E-state index contributed by atoms with van der Waals surface area (Å²) in [5.41, 5.74) is 6.45. The molecule has 0 aliphatic heterocycles. The van der Waals surface area contributed by atoms with E-state index in [-0.39, 0.29) is 30.5 Å². The van der Waals surface area contributed by atoms with Crippen LogP contribution in [0.25, 0.3) is 0 Å². The van der Waals surface area contributed by atoms with Crippen molar-refractivity contribution in [3.05, 3.63) is 29.8 Å². The highest BCUT2D eigenvalue weighted by Crippen LogP contribution is 2.18. The van der Waals surface area contributed by atoms with Crippen LogP contribution in [0.15, 0.2) is 24.3 Å². The van der Waals surface area contributed by atoms with Crippen LogP contribution in [0, 0.1) is 0 Å². The molecule has 0 bridgehead atoms. The summed E-state index contributed by atoms with van der Waals surface area (Å²) < 4.78 is 4.49. The third kappa shape index (κ3) is 4.18. The Balaban J connectivity index is 0.00000196. The fourth-order valence-electron chi connectivity index (χ4n) is 1.14. The largest absolute Gasteiger partial charge is 0.508 e. The highest BCUT2D eigenvalue weighted by molar-refractivity contribution is 5.85. The van der Waals surface area contributed by atoms with Crippen LogP contribution in [0.5, 0.6) is 5.75 Å². The number of halogens is 1. The number of rotatable bonds is 3. The van der Waals surface area contributed by atoms with Gasteiger partial charge in [-0.2, -0.15) is 0 Å². The van der Waals surface area contributed by atoms with Crippen LogP contribution >= 0.6 is 12.4 Å². The van der Waals surface area contributed by atoms with Gasteiger partial charge in [0, 0.05) is 6.04 Å². The second-order valence-corrected chi connectivity index (χ2v) is 2.98. The Morgan fingerprint density at radius 2 is 2.27 bits per heavy atom. The summed E-state index contributed by atoms with van der Waals surface area (Å²) >= 11 is 0. The number of phenols is 1. The number of nitrogens with two attached hydrogens (primary N) is 1. The number of methoxy groups -OCH3 is 1. The molecule has 0 aromatic heterocycles. The van der Waals surface area contributed by atoms with E-state index < -0.39 is 6.04 Å². The molecule has 1 unspecified atom stereocenters. The Hall–Kier alpha value is -1.26. The van der Waals surface area contributed by atoms with Crippen LogP contribution < -0.4 is 5.73 Å². The topological polar surface area (TPSA) is 72.5 Å². The van der Waals surface area contributed by atoms with E-state index in [0.29, 0.717) is 0 Å². The zero-order chi connectivity index (χ0) is 10.6. The first-order valence-corrected chi connectivity index (χ1v) is 4.25. The van der Waals surface area contributed by atoms with Crippen molar-refractivity contribution < 1.29 is 14.6 Å². The normalized spacial score (nSPS) is 11.3. The van der Waals surface area contributed by atoms with E-state index >= 15 is 0 Å². The molecule has 1 atom stereocenters. The van der Waals surface area contributed by atoms with Gasteiger partial charge in [0.05, 0.1) is 13.5 Å². The lowest BCUT2D eigenvalue weighted by Crippen LogP contribution is -2.16. The van der Waals surface area contributed by atoms with E-state index in [0.717, 1.165) is 5.56 Å². The number of esters is 1. The highest BCUT2D eigenvalue weighted by atomic mass is 35.5. The molecule has 0 aliphatic rings. The smallest absolute Gasteiger partial charge is 0.307 e. The monoisotopic (exact) mass is 231 g/mol. The minimum Gasteiger partial charge on any atom is -0.508 e. The van der Waals surface area contributed by atoms with Gasteiger partial charge in [0.2, 0.25) is 0 Å². The Kier molecular flexibility index (Phi) is 5.74. The van der Waals surface area contributed by atoms with Crippen molar-refractivity contribution in [2.75, 3.05) is 7.11 Å². The molecule has 0 radical (unpaired) electrons. The van der Waals surface area contributed by atoms with Gasteiger partial charge in [0.1, 0.15) is 5.75 Å². The van der Waals surface area contributed by atoms with Crippen molar-refractivity contribution in [3.63, 3.8) is 0 Å². The molecule has 84 valence electrons. The number of aromatic hydroxyl groups is 1. The molecular weight excluding hydrogens is 218 g/mol. The second-order valence-electron chi connectivity index (χ2n) is 2.98. The minimum absolute atomic E-state index is 0. The summed E-state index contributed by atoms with van der Waals surface area (Å²) in [5.74, 6) is -0.219. The number of ether oxygens (including phenoxy) is 1. The summed E-state index contributed by atoms with van der Waals surface area (Å²) in [7, 11) is 1.32. The summed E-state index contributed by atoms with van der Waals surface area (Å²) in [6.07, 6.45) is 0.111. The quantitative estimate of drug-likeness (QED) is 0.771. The molecule has 15 heavy (non-hydrogen) atoms. The molecule has 1 aromatic rings. The first-order chi connectivity index (χ1) is 6.63. The van der Waals surface area contributed by atoms with Gasteiger partial charge in [0.25, 0.3) is 0 Å². The summed E-state index contributed by atoms with van der Waals surface area (Å²) in [6.45, 7) is 0. The van der Waals surface area contributed by atoms with Gasteiger partial charge in [0.15, 0.2) is 0 Å². The standard InChI is InChI=1S/C10H13NO3.ClH/c1-14-10(13)6-9(11)7-3-2-4-8(12)5-7;/h2-5,9,12H,6,11H2,1H3;1H. The third-order valence-corrected chi connectivity index (χ3v) is 1.91. The maximum atomic E-state index is 10.9. The number of carbonyl (C=O) groups excluding carboxylic acids is 1. The van der Waals surface area contributed by atoms with E-state index in [1.54, 1.807) is 18.2 Å². The molecule has 5 heteroatoms. The first-order valence-electron chi connectivity index (χ1n) is 4.25. The van der Waals surface area contributed by atoms with E-state index in [9.17, 15) is 9.90 Å². The summed E-state index contributed by atoms with van der Waals surface area (Å²) in [4.78, 5) is 10.9. The van der Waals surface area contributed by atoms with Gasteiger partial charge < -0.3 is 15.6 Å². The Bertz CT molecular complexity index is 330. The van der Waals surface area contributed by atoms with Crippen molar-refractivity contribution >= 4 is 18.4 Å². The molecular formula is C10H14ClNO3. The van der Waals surface area contributed by atoms with Crippen molar-refractivity contribution in [2.45, 2.75) is 12.5 Å². The Morgan fingerprint density at radius 3 is 2.80 bits per heavy atom. The van der Waals surface area contributed by atoms with Crippen molar-refractivity contribution in [3.8, 4) is 5.75 Å². The van der Waals surface area contributed by atoms with Gasteiger partial charge in [-0.15, -0.1) is 12.4 Å². The van der Waals surface area contributed by atoms with E-state index in [1.165, 1.54) is 13.2 Å². The molecule has 0 saturated heterocycles. The molecule has 1 aromatic carbocycles. The summed E-state index contributed by atoms with van der Waals surface area (Å²) in [6, 6.07) is 6.09. The minimum atomic E-state index is -0.436. The SMILES string of the molecule is COC(=O)CC(N)c1cccc(O)c1.Cl. The molecule has 1 rings (SSSR count). The molecule has 0 spiro atoms. The van der Waals surface area contributed by atoms with Gasteiger partial charge in [-0.25, -0.2) is 0 Å². The van der Waals surface area contributed by atoms with Crippen molar-refractivity contribution in [2.24, 2.45) is 5.73 Å². The van der Waals surface area contributed by atoms with Crippen LogP contribution in [0.1, 0.15) is 18.0 Å². The number of carbonyl (C=O) groups is 1. The zero-order valence-electron chi connectivity index (χ0n) is 8.34. The Morgan fingerprint density at radius 1 is 1.60 bits per heavy atom. The van der Waals surface area contributed by atoms with E-state index in [1.807, 2.05) is 0 Å². The van der Waals surface area contributed by atoms with Crippen LogP contribution in [-0.4, -0.2) is 18.2 Å². The van der Waals surface area contributed by atoms with Crippen LogP contribution in [0.2, 0.25) is 0 Å². The third-order valence-electron chi connectivity index (χ3n) is 1.91. The van der Waals surface area contributed by atoms with Crippen LogP contribution in [-0.2, 0) is 9.53 Å². The molecule has 0 aliphatic carbocycles. The van der Waals surface area contributed by atoms with Crippen molar-refractivity contribution in [1.82, 2.24) is 0 Å². The molecule has 0 saturated carbocycles. The van der Waals surface area contributed by atoms with E-state index in [4.69, 9.17) is 5.73 Å². The van der Waals surface area contributed by atoms with Gasteiger partial charge in [-0.05, 0) is 17.7 Å². The fraction of sp³-hybridized carbons (Fsp3) is 0.300. The second kappa shape index (κ2) is 6.27. The number of benzene rings is 1. The van der Waals surface area contributed by atoms with Gasteiger partial charge in [-0.1, -0.05) is 12.1 Å². The first kappa shape index (κ1) is 13.7. The molecule has 4 nitrogen and oxygen atoms in total. The average Bonchev–Trinajstić information content (AvgIpc) is 2.17. The lowest BCUT2D eigenvalue weighted by atomic mass is 10.0. The maximum Gasteiger partial charge on any atom is 0.307 e. The van der Waals surface area contributed by atoms with Crippen LogP contribution in [0.3, 0.4) is 0 Å². The summed E-state index contributed by atoms with van der Waals surface area (Å²) in [5, 5.41) is 9.18. The predicted octanol–water partition coefficient (Wildman–Crippen LogP) is 1.38. The molecule has 0 amide bonds. The lowest BCUT2D eigenvalue weighted by Gasteiger charge is -2.10. The Labute approximate surface area is 94.5 Å². The molecule has 3 N–H and O–H groups in total.